The number of carbonyl (C=O) groups is 3. The van der Waals surface area contributed by atoms with Crippen LogP contribution in [0.4, 0.5) is 0 Å². The molecule has 0 saturated carbocycles. The monoisotopic (exact) mass is 292 g/mol. The minimum absolute atomic E-state index is 0.172. The van der Waals surface area contributed by atoms with Gasteiger partial charge in [-0.2, -0.15) is 0 Å². The molecule has 0 fully saturated rings. The molecule has 0 radical (unpaired) electrons. The van der Waals surface area contributed by atoms with Crippen molar-refractivity contribution in [1.29, 1.82) is 0 Å². The molecular formula is C14H16N2O5. The summed E-state index contributed by atoms with van der Waals surface area (Å²) in [7, 11) is 2.70. The summed E-state index contributed by atoms with van der Waals surface area (Å²) in [6.07, 6.45) is -0.283. The molecule has 21 heavy (non-hydrogen) atoms. The smallest absolute Gasteiger partial charge is 0.329 e. The Morgan fingerprint density at radius 3 is 2.67 bits per heavy atom. The normalized spacial score (nSPS) is 14.6. The Balaban J connectivity index is 2.35. The number of primary amides is 1. The van der Waals surface area contributed by atoms with Crippen LogP contribution in [0.5, 0.6) is 5.75 Å². The molecule has 1 aliphatic heterocycles. The summed E-state index contributed by atoms with van der Waals surface area (Å²) in [5.74, 6) is -1.14. The molecule has 0 bridgehead atoms. The molecule has 1 atom stereocenters. The topological polar surface area (TPSA) is 98.9 Å². The molecule has 1 heterocycles. The molecule has 7 heteroatoms. The number of methoxy groups -OCH3 is 2. The number of amides is 2. The molecule has 2 amide bonds. The maximum Gasteiger partial charge on any atom is 0.329 e. The Morgan fingerprint density at radius 1 is 1.38 bits per heavy atom. The highest BCUT2D eigenvalue weighted by atomic mass is 16.5. The van der Waals surface area contributed by atoms with Gasteiger partial charge in [-0.1, -0.05) is 6.07 Å². The van der Waals surface area contributed by atoms with Gasteiger partial charge < -0.3 is 20.1 Å². The van der Waals surface area contributed by atoms with E-state index in [9.17, 15) is 14.4 Å². The van der Waals surface area contributed by atoms with Crippen LogP contribution in [0.15, 0.2) is 18.2 Å². The quantitative estimate of drug-likeness (QED) is 0.774. The number of hydrogen-bond acceptors (Lipinski definition) is 5. The molecule has 1 aromatic rings. The van der Waals surface area contributed by atoms with E-state index in [0.29, 0.717) is 16.9 Å². The molecule has 2 rings (SSSR count). The molecule has 7 nitrogen and oxygen atoms in total. The first-order valence-corrected chi connectivity index (χ1v) is 6.32. The Morgan fingerprint density at radius 2 is 2.10 bits per heavy atom. The zero-order valence-electron chi connectivity index (χ0n) is 11.8. The molecule has 1 aliphatic rings. The van der Waals surface area contributed by atoms with Gasteiger partial charge in [0.1, 0.15) is 11.8 Å². The lowest BCUT2D eigenvalue weighted by molar-refractivity contribution is -0.147. The van der Waals surface area contributed by atoms with Gasteiger partial charge in [0.05, 0.1) is 27.2 Å². The molecule has 0 saturated heterocycles. The van der Waals surface area contributed by atoms with Gasteiger partial charge in [0, 0.05) is 11.1 Å². The summed E-state index contributed by atoms with van der Waals surface area (Å²) in [4.78, 5) is 36.7. The van der Waals surface area contributed by atoms with Crippen LogP contribution in [0.1, 0.15) is 22.3 Å². The van der Waals surface area contributed by atoms with Gasteiger partial charge in [0.25, 0.3) is 5.91 Å². The van der Waals surface area contributed by atoms with Crippen LogP contribution in [0.25, 0.3) is 0 Å². The zero-order valence-corrected chi connectivity index (χ0v) is 11.8. The summed E-state index contributed by atoms with van der Waals surface area (Å²) < 4.78 is 9.87. The van der Waals surface area contributed by atoms with Crippen molar-refractivity contribution in [2.45, 2.75) is 19.0 Å². The lowest BCUT2D eigenvalue weighted by atomic mass is 10.1. The van der Waals surface area contributed by atoms with E-state index in [4.69, 9.17) is 10.5 Å². The Labute approximate surface area is 121 Å². The average Bonchev–Trinajstić information content (AvgIpc) is 2.81. The number of nitrogens with two attached hydrogens (primary N) is 1. The van der Waals surface area contributed by atoms with Crippen LogP contribution in [-0.4, -0.2) is 42.9 Å². The van der Waals surface area contributed by atoms with Crippen LogP contribution < -0.4 is 10.5 Å². The number of carbonyl (C=O) groups excluding carboxylic acids is 3. The maximum absolute atomic E-state index is 12.4. The van der Waals surface area contributed by atoms with E-state index in [-0.39, 0.29) is 18.9 Å². The zero-order chi connectivity index (χ0) is 15.6. The van der Waals surface area contributed by atoms with Gasteiger partial charge in [-0.15, -0.1) is 0 Å². The third kappa shape index (κ3) is 2.67. The van der Waals surface area contributed by atoms with Crippen molar-refractivity contribution in [2.24, 2.45) is 5.73 Å². The first-order valence-electron chi connectivity index (χ1n) is 6.32. The highest BCUT2D eigenvalue weighted by Crippen LogP contribution is 2.32. The van der Waals surface area contributed by atoms with Crippen molar-refractivity contribution in [3.05, 3.63) is 29.3 Å². The number of fused-ring (bicyclic) bond motifs is 1. The predicted octanol–water partition coefficient (Wildman–Crippen LogP) is 0.0680. The van der Waals surface area contributed by atoms with Crippen LogP contribution >= 0.6 is 0 Å². The van der Waals surface area contributed by atoms with E-state index in [0.717, 1.165) is 0 Å². The molecule has 2 N–H and O–H groups in total. The van der Waals surface area contributed by atoms with Crippen molar-refractivity contribution in [2.75, 3.05) is 14.2 Å². The van der Waals surface area contributed by atoms with Gasteiger partial charge in [-0.25, -0.2) is 4.79 Å². The molecule has 0 aliphatic carbocycles. The van der Waals surface area contributed by atoms with E-state index < -0.39 is 17.9 Å². The highest BCUT2D eigenvalue weighted by Gasteiger charge is 2.39. The Hall–Kier alpha value is -2.57. The minimum atomic E-state index is -1.03. The lowest BCUT2D eigenvalue weighted by Crippen LogP contribution is -2.44. The predicted molar refractivity (Wildman–Crippen MR) is 72.5 cm³/mol. The molecule has 0 spiro atoms. The van der Waals surface area contributed by atoms with Crippen molar-refractivity contribution in [1.82, 2.24) is 4.90 Å². The third-order valence-corrected chi connectivity index (χ3v) is 3.42. The van der Waals surface area contributed by atoms with Crippen LogP contribution in [0.2, 0.25) is 0 Å². The van der Waals surface area contributed by atoms with Crippen LogP contribution in [0.3, 0.4) is 0 Å². The minimum Gasteiger partial charge on any atom is -0.496 e. The van der Waals surface area contributed by atoms with Crippen molar-refractivity contribution in [3.63, 3.8) is 0 Å². The summed E-state index contributed by atoms with van der Waals surface area (Å²) in [5, 5.41) is 0. The maximum atomic E-state index is 12.4. The molecule has 1 unspecified atom stereocenters. The van der Waals surface area contributed by atoms with E-state index in [2.05, 4.69) is 4.74 Å². The Kier molecular flexibility index (Phi) is 4.11. The van der Waals surface area contributed by atoms with E-state index in [1.54, 1.807) is 18.2 Å². The van der Waals surface area contributed by atoms with Crippen molar-refractivity contribution < 1.29 is 23.9 Å². The van der Waals surface area contributed by atoms with Gasteiger partial charge in [-0.3, -0.25) is 9.59 Å². The van der Waals surface area contributed by atoms with Gasteiger partial charge in [0.15, 0.2) is 0 Å². The lowest BCUT2D eigenvalue weighted by Gasteiger charge is -2.24. The van der Waals surface area contributed by atoms with Gasteiger partial charge >= 0.3 is 5.97 Å². The van der Waals surface area contributed by atoms with Gasteiger partial charge in [0.2, 0.25) is 5.91 Å². The molecule has 1 aromatic carbocycles. The summed E-state index contributed by atoms with van der Waals surface area (Å²) >= 11 is 0. The number of hydrogen-bond donors (Lipinski definition) is 1. The summed E-state index contributed by atoms with van der Waals surface area (Å²) in [6, 6.07) is 4.05. The fourth-order valence-corrected chi connectivity index (χ4v) is 2.42. The number of nitrogens with zero attached hydrogens (tertiary/aromatic N) is 1. The number of benzene rings is 1. The van der Waals surface area contributed by atoms with Crippen LogP contribution in [-0.2, 0) is 20.9 Å². The number of esters is 1. The second kappa shape index (κ2) is 5.82. The number of ether oxygens (including phenoxy) is 2. The highest BCUT2D eigenvalue weighted by molar-refractivity contribution is 6.02. The number of rotatable bonds is 5. The summed E-state index contributed by atoms with van der Waals surface area (Å²) in [6.45, 7) is 0.172. The fourth-order valence-electron chi connectivity index (χ4n) is 2.42. The van der Waals surface area contributed by atoms with E-state index in [1.807, 2.05) is 0 Å². The van der Waals surface area contributed by atoms with E-state index in [1.165, 1.54) is 19.1 Å². The Bertz CT molecular complexity index is 599. The summed E-state index contributed by atoms with van der Waals surface area (Å²) in [5.41, 5.74) is 6.29. The molecule has 112 valence electrons. The van der Waals surface area contributed by atoms with Crippen LogP contribution in [0, 0.1) is 0 Å². The molecular weight excluding hydrogens is 276 g/mol. The third-order valence-electron chi connectivity index (χ3n) is 3.42. The second-order valence-electron chi connectivity index (χ2n) is 4.63. The SMILES string of the molecule is COC(=O)C(CC(N)=O)N1Cc2c(OC)cccc2C1=O. The molecule has 0 aromatic heterocycles. The largest absolute Gasteiger partial charge is 0.496 e. The van der Waals surface area contributed by atoms with E-state index >= 15 is 0 Å². The first kappa shape index (κ1) is 14.8. The average molecular weight is 292 g/mol. The standard InChI is InChI=1S/C14H16N2O5/c1-20-11-5-3-4-8-9(11)7-16(13(8)18)10(6-12(15)17)14(19)21-2/h3-5,10H,6-7H2,1-2H3,(H2,15,17). The second-order valence-corrected chi connectivity index (χ2v) is 4.63. The van der Waals surface area contributed by atoms with Crippen molar-refractivity contribution in [3.8, 4) is 5.75 Å². The van der Waals surface area contributed by atoms with Gasteiger partial charge in [-0.05, 0) is 12.1 Å². The first-order chi connectivity index (χ1) is 9.99. The fraction of sp³-hybridized carbons (Fsp3) is 0.357. The van der Waals surface area contributed by atoms with Crippen molar-refractivity contribution >= 4 is 17.8 Å².